The summed E-state index contributed by atoms with van der Waals surface area (Å²) < 4.78 is 41.6. The Kier molecular flexibility index (Phi) is 5.14. The molecule has 146 valence electrons. The van der Waals surface area contributed by atoms with E-state index < -0.39 is 27.9 Å². The number of oxazole rings is 1. The number of carbonyl (C=O) groups excluding carboxylic acids is 1. The monoisotopic (exact) mass is 406 g/mol. The van der Waals surface area contributed by atoms with E-state index in [0.29, 0.717) is 11.1 Å². The van der Waals surface area contributed by atoms with Crippen LogP contribution in [0.3, 0.4) is 0 Å². The number of rotatable bonds is 4. The zero-order valence-corrected chi connectivity index (χ0v) is 15.3. The SMILES string of the molecule is CNC(=O)N(O)c1nc(-c2ccc(F)cc2)c(-c2ccc(S(N)(=O)=O)cc2)o1. The molecule has 0 bridgehead atoms. The number of sulfonamides is 1. The van der Waals surface area contributed by atoms with Crippen LogP contribution in [0.25, 0.3) is 22.6 Å². The van der Waals surface area contributed by atoms with Crippen molar-refractivity contribution >= 4 is 22.1 Å². The first-order valence-electron chi connectivity index (χ1n) is 7.81. The number of nitrogens with zero attached hydrogens (tertiary/aromatic N) is 2. The van der Waals surface area contributed by atoms with Gasteiger partial charge in [-0.1, -0.05) is 0 Å². The van der Waals surface area contributed by atoms with Gasteiger partial charge in [-0.2, -0.15) is 4.98 Å². The maximum Gasteiger partial charge on any atom is 0.349 e. The fraction of sp³-hybridized carbons (Fsp3) is 0.0588. The molecule has 1 aromatic heterocycles. The van der Waals surface area contributed by atoms with E-state index in [2.05, 4.69) is 10.3 Å². The standard InChI is InChI=1S/C17H15FN4O5S/c1-20-16(23)22(24)17-21-14(10-2-6-12(18)7-3-10)15(27-17)11-4-8-13(9-5-11)28(19,25)26/h2-9,24H,1H3,(H,20,23)(H2,19,25,26). The fourth-order valence-electron chi connectivity index (χ4n) is 2.39. The number of nitrogens with one attached hydrogen (secondary N) is 1. The van der Waals surface area contributed by atoms with Crippen LogP contribution in [0.4, 0.5) is 15.2 Å². The number of urea groups is 1. The van der Waals surface area contributed by atoms with Crippen molar-refractivity contribution in [1.29, 1.82) is 0 Å². The minimum atomic E-state index is -3.88. The van der Waals surface area contributed by atoms with Gasteiger partial charge in [0.05, 0.1) is 4.90 Å². The summed E-state index contributed by atoms with van der Waals surface area (Å²) in [6.07, 6.45) is 0. The van der Waals surface area contributed by atoms with Gasteiger partial charge in [-0.25, -0.2) is 22.7 Å². The quantitative estimate of drug-likeness (QED) is 0.449. The van der Waals surface area contributed by atoms with Gasteiger partial charge in [0.1, 0.15) is 11.5 Å². The summed E-state index contributed by atoms with van der Waals surface area (Å²) in [6.45, 7) is 0. The molecule has 28 heavy (non-hydrogen) atoms. The zero-order chi connectivity index (χ0) is 20.5. The Morgan fingerprint density at radius 1 is 1.14 bits per heavy atom. The van der Waals surface area contributed by atoms with Gasteiger partial charge in [-0.3, -0.25) is 5.21 Å². The number of halogens is 1. The number of hydrogen-bond acceptors (Lipinski definition) is 6. The third kappa shape index (κ3) is 3.86. The molecule has 0 atom stereocenters. The lowest BCUT2D eigenvalue weighted by atomic mass is 10.1. The largest absolute Gasteiger partial charge is 0.421 e. The number of primary sulfonamides is 1. The second kappa shape index (κ2) is 7.38. The van der Waals surface area contributed by atoms with E-state index in [1.807, 2.05) is 0 Å². The van der Waals surface area contributed by atoms with E-state index in [9.17, 15) is 22.8 Å². The lowest BCUT2D eigenvalue weighted by molar-refractivity contribution is 0.197. The molecule has 4 N–H and O–H groups in total. The Morgan fingerprint density at radius 2 is 1.71 bits per heavy atom. The molecule has 0 saturated heterocycles. The highest BCUT2D eigenvalue weighted by Crippen LogP contribution is 2.35. The van der Waals surface area contributed by atoms with Crippen LogP contribution in [0.1, 0.15) is 0 Å². The average Bonchev–Trinajstić information content (AvgIpc) is 3.12. The summed E-state index contributed by atoms with van der Waals surface area (Å²) in [5.74, 6) is -0.328. The lowest BCUT2D eigenvalue weighted by Gasteiger charge is -2.08. The van der Waals surface area contributed by atoms with Crippen molar-refractivity contribution in [3.63, 3.8) is 0 Å². The lowest BCUT2D eigenvalue weighted by Crippen LogP contribution is -2.35. The fourth-order valence-corrected chi connectivity index (χ4v) is 2.90. The normalized spacial score (nSPS) is 11.3. The minimum absolute atomic E-state index is 0.103. The maximum atomic E-state index is 13.3. The van der Waals surface area contributed by atoms with Gasteiger partial charge in [0.2, 0.25) is 10.0 Å². The van der Waals surface area contributed by atoms with Gasteiger partial charge in [0.25, 0.3) is 0 Å². The number of hydrogen-bond donors (Lipinski definition) is 3. The van der Waals surface area contributed by atoms with Crippen LogP contribution in [0.15, 0.2) is 57.8 Å². The van der Waals surface area contributed by atoms with Crippen LogP contribution < -0.4 is 15.5 Å². The molecule has 9 nitrogen and oxygen atoms in total. The van der Waals surface area contributed by atoms with Crippen molar-refractivity contribution in [2.75, 3.05) is 12.1 Å². The first kappa shape index (κ1) is 19.5. The zero-order valence-electron chi connectivity index (χ0n) is 14.5. The van der Waals surface area contributed by atoms with Crippen molar-refractivity contribution in [2.24, 2.45) is 5.14 Å². The van der Waals surface area contributed by atoms with E-state index in [1.165, 1.54) is 55.6 Å². The molecular formula is C17H15FN4O5S. The number of benzene rings is 2. The average molecular weight is 406 g/mol. The van der Waals surface area contributed by atoms with Crippen LogP contribution in [0.5, 0.6) is 0 Å². The highest BCUT2D eigenvalue weighted by atomic mass is 32.2. The van der Waals surface area contributed by atoms with Crippen molar-refractivity contribution < 1.29 is 27.2 Å². The highest BCUT2D eigenvalue weighted by Gasteiger charge is 2.24. The second-order valence-electron chi connectivity index (χ2n) is 5.62. The highest BCUT2D eigenvalue weighted by molar-refractivity contribution is 7.89. The molecule has 3 rings (SSSR count). The van der Waals surface area contributed by atoms with Gasteiger partial charge in [0.15, 0.2) is 5.76 Å². The van der Waals surface area contributed by atoms with Crippen LogP contribution in [0.2, 0.25) is 0 Å². The molecular weight excluding hydrogens is 391 g/mol. The molecule has 0 aliphatic heterocycles. The van der Waals surface area contributed by atoms with E-state index in [-0.39, 0.29) is 21.4 Å². The molecule has 11 heteroatoms. The van der Waals surface area contributed by atoms with E-state index in [0.717, 1.165) is 0 Å². The van der Waals surface area contributed by atoms with Crippen LogP contribution >= 0.6 is 0 Å². The number of carbonyl (C=O) groups is 1. The Bertz CT molecular complexity index is 1110. The summed E-state index contributed by atoms with van der Waals surface area (Å²) in [7, 11) is -2.57. The number of nitrogens with two attached hydrogens (primary N) is 1. The summed E-state index contributed by atoms with van der Waals surface area (Å²) >= 11 is 0. The van der Waals surface area contributed by atoms with Crippen molar-refractivity contribution in [3.8, 4) is 22.6 Å². The Morgan fingerprint density at radius 3 is 2.25 bits per heavy atom. The van der Waals surface area contributed by atoms with E-state index >= 15 is 0 Å². The molecule has 0 saturated carbocycles. The first-order valence-corrected chi connectivity index (χ1v) is 9.36. The third-order valence-corrected chi connectivity index (χ3v) is 4.70. The summed E-state index contributed by atoms with van der Waals surface area (Å²) in [6, 6.07) is 9.42. The summed E-state index contributed by atoms with van der Waals surface area (Å²) in [5, 5.41) is 17.4. The molecule has 2 aromatic carbocycles. The minimum Gasteiger partial charge on any atom is -0.421 e. The summed E-state index contributed by atoms with van der Waals surface area (Å²) in [5.41, 5.74) is 1.06. The molecule has 2 amide bonds. The van der Waals surface area contributed by atoms with Gasteiger partial charge in [-0.05, 0) is 48.5 Å². The van der Waals surface area contributed by atoms with Gasteiger partial charge in [-0.15, -0.1) is 5.06 Å². The van der Waals surface area contributed by atoms with Crippen LogP contribution in [-0.4, -0.2) is 31.7 Å². The third-order valence-electron chi connectivity index (χ3n) is 3.77. The molecule has 0 fully saturated rings. The summed E-state index contributed by atoms with van der Waals surface area (Å²) in [4.78, 5) is 15.6. The topological polar surface area (TPSA) is 139 Å². The molecule has 0 radical (unpaired) electrons. The number of aromatic nitrogens is 1. The molecule has 1 heterocycles. The maximum absolute atomic E-state index is 13.3. The van der Waals surface area contributed by atoms with Crippen molar-refractivity contribution in [3.05, 3.63) is 54.3 Å². The molecule has 0 aliphatic carbocycles. The Balaban J connectivity index is 2.14. The number of hydroxylamine groups is 1. The van der Waals surface area contributed by atoms with Crippen molar-refractivity contribution in [1.82, 2.24) is 10.3 Å². The van der Waals surface area contributed by atoms with Crippen LogP contribution in [0, 0.1) is 5.82 Å². The smallest absolute Gasteiger partial charge is 0.349 e. The molecule has 0 spiro atoms. The van der Waals surface area contributed by atoms with E-state index in [1.54, 1.807) is 0 Å². The second-order valence-corrected chi connectivity index (χ2v) is 7.18. The predicted octanol–water partition coefficient (Wildman–Crippen LogP) is 2.33. The molecule has 3 aromatic rings. The first-order chi connectivity index (χ1) is 13.2. The number of amides is 2. The molecule has 0 aliphatic rings. The Labute approximate surface area is 159 Å². The van der Waals surface area contributed by atoms with E-state index in [4.69, 9.17) is 9.56 Å². The van der Waals surface area contributed by atoms with Gasteiger partial charge >= 0.3 is 12.0 Å². The van der Waals surface area contributed by atoms with Gasteiger partial charge in [0, 0.05) is 18.2 Å². The number of anilines is 1. The Hall–Kier alpha value is -3.28. The van der Waals surface area contributed by atoms with Crippen LogP contribution in [-0.2, 0) is 10.0 Å². The molecule has 0 unspecified atom stereocenters. The van der Waals surface area contributed by atoms with Gasteiger partial charge < -0.3 is 9.73 Å². The van der Waals surface area contributed by atoms with Crippen molar-refractivity contribution in [2.45, 2.75) is 4.90 Å². The predicted molar refractivity (Wildman–Crippen MR) is 97.4 cm³/mol.